The molecule has 0 bridgehead atoms. The quantitative estimate of drug-likeness (QED) is 0.638. The standard InChI is InChI=1S/C10H12N4O2/c1-13-3-2-12-9(10(13)15)14-4-5-16-8(6-11)7-14/h2-3,8H,4-5,7H2,1H3. The molecule has 6 heteroatoms. The van der Waals surface area contributed by atoms with Gasteiger partial charge in [0.05, 0.1) is 19.2 Å². The van der Waals surface area contributed by atoms with E-state index in [9.17, 15) is 4.79 Å². The topological polar surface area (TPSA) is 71.2 Å². The van der Waals surface area contributed by atoms with Crippen LogP contribution in [-0.4, -0.2) is 35.4 Å². The molecule has 6 nitrogen and oxygen atoms in total. The molecule has 16 heavy (non-hydrogen) atoms. The maximum absolute atomic E-state index is 11.8. The Kier molecular flexibility index (Phi) is 2.88. The van der Waals surface area contributed by atoms with Crippen LogP contribution in [0.3, 0.4) is 0 Å². The zero-order valence-electron chi connectivity index (χ0n) is 8.96. The molecule has 1 fully saturated rings. The molecule has 1 atom stereocenters. The molecule has 1 saturated heterocycles. The first-order valence-corrected chi connectivity index (χ1v) is 5.00. The summed E-state index contributed by atoms with van der Waals surface area (Å²) in [5.74, 6) is 0.383. The minimum absolute atomic E-state index is 0.152. The van der Waals surface area contributed by atoms with Gasteiger partial charge >= 0.3 is 0 Å². The van der Waals surface area contributed by atoms with Gasteiger partial charge in [-0.05, 0) is 0 Å². The molecule has 1 unspecified atom stereocenters. The molecule has 0 aromatic carbocycles. The molecule has 0 aliphatic carbocycles. The van der Waals surface area contributed by atoms with Crippen LogP contribution in [0, 0.1) is 11.3 Å². The van der Waals surface area contributed by atoms with E-state index < -0.39 is 6.10 Å². The molecular formula is C10H12N4O2. The van der Waals surface area contributed by atoms with Crippen LogP contribution in [0.4, 0.5) is 5.82 Å². The van der Waals surface area contributed by atoms with Crippen LogP contribution >= 0.6 is 0 Å². The van der Waals surface area contributed by atoms with Crippen molar-refractivity contribution in [3.05, 3.63) is 22.7 Å². The molecule has 2 heterocycles. The lowest BCUT2D eigenvalue weighted by atomic mass is 10.3. The van der Waals surface area contributed by atoms with E-state index in [1.807, 2.05) is 6.07 Å². The van der Waals surface area contributed by atoms with E-state index in [1.165, 1.54) is 4.57 Å². The van der Waals surface area contributed by atoms with E-state index in [2.05, 4.69) is 4.98 Å². The number of aryl methyl sites for hydroxylation is 1. The minimum atomic E-state index is -0.486. The van der Waals surface area contributed by atoms with Crippen LogP contribution in [0.5, 0.6) is 0 Å². The normalized spacial score (nSPS) is 20.5. The van der Waals surface area contributed by atoms with E-state index in [-0.39, 0.29) is 5.56 Å². The summed E-state index contributed by atoms with van der Waals surface area (Å²) in [4.78, 5) is 17.6. The summed E-state index contributed by atoms with van der Waals surface area (Å²) >= 11 is 0. The largest absolute Gasteiger partial charge is 0.360 e. The Bertz CT molecular complexity index is 476. The average Bonchev–Trinajstić information content (AvgIpc) is 2.33. The molecule has 0 N–H and O–H groups in total. The van der Waals surface area contributed by atoms with Crippen molar-refractivity contribution < 1.29 is 4.74 Å². The number of ether oxygens (including phenoxy) is 1. The predicted molar refractivity (Wildman–Crippen MR) is 57.0 cm³/mol. The summed E-state index contributed by atoms with van der Waals surface area (Å²) in [6.45, 7) is 1.42. The molecule has 1 aromatic rings. The third-order valence-electron chi connectivity index (χ3n) is 2.51. The van der Waals surface area contributed by atoms with Crippen molar-refractivity contribution in [2.45, 2.75) is 6.10 Å². The summed E-state index contributed by atoms with van der Waals surface area (Å²) in [7, 11) is 1.68. The Labute approximate surface area is 92.7 Å². The van der Waals surface area contributed by atoms with E-state index in [4.69, 9.17) is 10.00 Å². The molecular weight excluding hydrogens is 208 g/mol. The van der Waals surface area contributed by atoms with Gasteiger partial charge in [0.15, 0.2) is 11.9 Å². The van der Waals surface area contributed by atoms with Gasteiger partial charge in [0.2, 0.25) is 0 Å². The van der Waals surface area contributed by atoms with Crippen LogP contribution in [0.2, 0.25) is 0 Å². The van der Waals surface area contributed by atoms with Gasteiger partial charge in [-0.2, -0.15) is 5.26 Å². The Morgan fingerprint density at radius 1 is 1.69 bits per heavy atom. The second kappa shape index (κ2) is 4.33. The molecule has 1 aliphatic rings. The fourth-order valence-electron chi connectivity index (χ4n) is 1.62. The fraction of sp³-hybridized carbons (Fsp3) is 0.500. The number of anilines is 1. The molecule has 1 aromatic heterocycles. The molecule has 0 amide bonds. The van der Waals surface area contributed by atoms with Crippen molar-refractivity contribution in [3.8, 4) is 6.07 Å². The first-order valence-electron chi connectivity index (χ1n) is 5.00. The predicted octanol–water partition coefficient (Wildman–Crippen LogP) is -0.491. The zero-order valence-corrected chi connectivity index (χ0v) is 8.96. The lowest BCUT2D eigenvalue weighted by molar-refractivity contribution is 0.0760. The first kappa shape index (κ1) is 10.6. The number of nitrogens with zero attached hydrogens (tertiary/aromatic N) is 4. The van der Waals surface area contributed by atoms with Crippen LogP contribution < -0.4 is 10.5 Å². The highest BCUT2D eigenvalue weighted by molar-refractivity contribution is 5.36. The van der Waals surface area contributed by atoms with Gasteiger partial charge in [-0.1, -0.05) is 0 Å². The first-order chi connectivity index (χ1) is 7.72. The Morgan fingerprint density at radius 3 is 3.25 bits per heavy atom. The van der Waals surface area contributed by atoms with E-state index in [0.717, 1.165) is 0 Å². The van der Waals surface area contributed by atoms with Gasteiger partial charge in [0.1, 0.15) is 0 Å². The number of rotatable bonds is 1. The lowest BCUT2D eigenvalue weighted by Crippen LogP contribution is -2.45. The third-order valence-corrected chi connectivity index (χ3v) is 2.51. The highest BCUT2D eigenvalue weighted by atomic mass is 16.5. The van der Waals surface area contributed by atoms with Gasteiger partial charge < -0.3 is 14.2 Å². The van der Waals surface area contributed by atoms with Crippen molar-refractivity contribution in [2.75, 3.05) is 24.6 Å². The van der Waals surface area contributed by atoms with Gasteiger partial charge in [-0.3, -0.25) is 4.79 Å². The smallest absolute Gasteiger partial charge is 0.293 e. The number of morpholine rings is 1. The maximum Gasteiger partial charge on any atom is 0.293 e. The highest BCUT2D eigenvalue weighted by Gasteiger charge is 2.22. The molecule has 0 spiro atoms. The summed E-state index contributed by atoms with van der Waals surface area (Å²) in [5.41, 5.74) is -0.152. The number of nitriles is 1. The van der Waals surface area contributed by atoms with E-state index in [1.54, 1.807) is 24.3 Å². The Morgan fingerprint density at radius 2 is 2.50 bits per heavy atom. The SMILES string of the molecule is Cn1ccnc(N2CCOC(C#N)C2)c1=O. The zero-order chi connectivity index (χ0) is 11.5. The Balaban J connectivity index is 2.28. The van der Waals surface area contributed by atoms with Crippen LogP contribution in [0.25, 0.3) is 0 Å². The minimum Gasteiger partial charge on any atom is -0.360 e. The molecule has 0 radical (unpaired) electrons. The van der Waals surface area contributed by atoms with Crippen LogP contribution in [-0.2, 0) is 11.8 Å². The van der Waals surface area contributed by atoms with Gasteiger partial charge in [0, 0.05) is 26.0 Å². The van der Waals surface area contributed by atoms with Crippen LogP contribution in [0.15, 0.2) is 17.2 Å². The van der Waals surface area contributed by atoms with E-state index in [0.29, 0.717) is 25.5 Å². The molecule has 1 aliphatic heterocycles. The van der Waals surface area contributed by atoms with Crippen molar-refractivity contribution in [1.29, 1.82) is 5.26 Å². The van der Waals surface area contributed by atoms with Crippen molar-refractivity contribution in [3.63, 3.8) is 0 Å². The van der Waals surface area contributed by atoms with Crippen molar-refractivity contribution in [2.24, 2.45) is 7.05 Å². The van der Waals surface area contributed by atoms with Gasteiger partial charge in [-0.15, -0.1) is 0 Å². The van der Waals surface area contributed by atoms with Gasteiger partial charge in [-0.25, -0.2) is 4.98 Å². The van der Waals surface area contributed by atoms with Crippen molar-refractivity contribution in [1.82, 2.24) is 9.55 Å². The summed E-state index contributed by atoms with van der Waals surface area (Å²) in [5, 5.41) is 8.77. The number of hydrogen-bond acceptors (Lipinski definition) is 5. The average molecular weight is 220 g/mol. The fourth-order valence-corrected chi connectivity index (χ4v) is 1.62. The highest BCUT2D eigenvalue weighted by Crippen LogP contribution is 2.10. The number of hydrogen-bond donors (Lipinski definition) is 0. The monoisotopic (exact) mass is 220 g/mol. The summed E-state index contributed by atoms with van der Waals surface area (Å²) < 4.78 is 6.68. The van der Waals surface area contributed by atoms with Crippen LogP contribution in [0.1, 0.15) is 0 Å². The summed E-state index contributed by atoms with van der Waals surface area (Å²) in [6.07, 6.45) is 2.70. The molecule has 0 saturated carbocycles. The lowest BCUT2D eigenvalue weighted by Gasteiger charge is -2.30. The maximum atomic E-state index is 11.8. The number of aromatic nitrogens is 2. The Hall–Kier alpha value is -1.87. The molecule has 2 rings (SSSR count). The van der Waals surface area contributed by atoms with E-state index >= 15 is 0 Å². The third kappa shape index (κ3) is 1.90. The van der Waals surface area contributed by atoms with Crippen molar-refractivity contribution >= 4 is 5.82 Å². The second-order valence-corrected chi connectivity index (χ2v) is 3.60. The summed E-state index contributed by atoms with van der Waals surface area (Å²) in [6, 6.07) is 2.04. The van der Waals surface area contributed by atoms with Gasteiger partial charge in [0.25, 0.3) is 5.56 Å². The molecule has 84 valence electrons. The second-order valence-electron chi connectivity index (χ2n) is 3.60.